The molecule has 1 aromatic carbocycles. The van der Waals surface area contributed by atoms with Gasteiger partial charge in [0.15, 0.2) is 0 Å². The highest BCUT2D eigenvalue weighted by Crippen LogP contribution is 2.15. The predicted octanol–water partition coefficient (Wildman–Crippen LogP) is -5.32. The van der Waals surface area contributed by atoms with Gasteiger partial charge in [-0.15, -0.1) is 0 Å². The fraction of sp³-hybridized carbons (Fsp3) is 0.612. The Morgan fingerprint density at radius 3 is 1.32 bits per heavy atom. The number of rotatable bonds is 39. The van der Waals surface area contributed by atoms with Gasteiger partial charge in [-0.2, -0.15) is 0 Å². The second kappa shape index (κ2) is 35.4. The van der Waals surface area contributed by atoms with Crippen molar-refractivity contribution in [1.82, 2.24) is 42.5 Å². The smallest absolute Gasteiger partial charge is 0.326 e. The first-order chi connectivity index (χ1) is 37.0. The number of carbonyl (C=O) groups is 13. The molecule has 23 N–H and O–H groups in total. The van der Waals surface area contributed by atoms with Gasteiger partial charge in [0.2, 0.25) is 65.0 Å². The number of aromatic hydroxyl groups is 1. The van der Waals surface area contributed by atoms with Gasteiger partial charge in [-0.05, 0) is 87.6 Å². The molecule has 0 aliphatic carbocycles. The highest BCUT2D eigenvalue weighted by Gasteiger charge is 2.37. The maximum atomic E-state index is 14.2. The summed E-state index contributed by atoms with van der Waals surface area (Å²) in [5.74, 6) is -16.0. The minimum Gasteiger partial charge on any atom is -0.508 e. The summed E-state index contributed by atoms with van der Waals surface area (Å²) in [5, 5.41) is 48.4. The molecule has 11 amide bonds. The minimum absolute atomic E-state index is 0.0534. The summed E-state index contributed by atoms with van der Waals surface area (Å²) >= 11 is 0. The molecule has 0 radical (unpaired) electrons. The number of hydrogen-bond acceptors (Lipinski definition) is 17. The van der Waals surface area contributed by atoms with Gasteiger partial charge >= 0.3 is 11.9 Å². The zero-order chi connectivity index (χ0) is 60.1. The molecule has 0 heterocycles. The maximum Gasteiger partial charge on any atom is 0.326 e. The van der Waals surface area contributed by atoms with Crippen molar-refractivity contribution >= 4 is 76.9 Å². The molecule has 0 saturated heterocycles. The summed E-state index contributed by atoms with van der Waals surface area (Å²) in [6.07, 6.45) is -2.31. The van der Waals surface area contributed by atoms with E-state index in [1.165, 1.54) is 24.3 Å². The average molecular weight is 1120 g/mol. The molecule has 0 aromatic heterocycles. The number of carbonyl (C=O) groups excluding carboxylic acids is 11. The van der Waals surface area contributed by atoms with Gasteiger partial charge < -0.3 is 92.3 Å². The van der Waals surface area contributed by atoms with Crippen molar-refractivity contribution in [2.24, 2.45) is 46.2 Å². The monoisotopic (exact) mass is 1120 g/mol. The molecule has 1 rings (SSSR count). The van der Waals surface area contributed by atoms with Crippen LogP contribution >= 0.6 is 0 Å². The van der Waals surface area contributed by atoms with E-state index < -0.39 is 163 Å². The first kappa shape index (κ1) is 69.0. The molecule has 0 spiro atoms. The number of aliphatic carboxylic acids is 2. The van der Waals surface area contributed by atoms with Crippen LogP contribution in [-0.4, -0.2) is 160 Å². The zero-order valence-electron chi connectivity index (χ0n) is 44.9. The Morgan fingerprint density at radius 1 is 0.481 bits per heavy atom. The van der Waals surface area contributed by atoms with Gasteiger partial charge in [0, 0.05) is 6.42 Å². The largest absolute Gasteiger partial charge is 0.508 e. The number of hydrogen-bond donors (Lipinski definition) is 17. The Kier molecular flexibility index (Phi) is 31.0. The fourth-order valence-corrected chi connectivity index (χ4v) is 7.66. The summed E-state index contributed by atoms with van der Waals surface area (Å²) in [5.41, 5.74) is 33.2. The summed E-state index contributed by atoms with van der Waals surface area (Å²) in [4.78, 5) is 170. The van der Waals surface area contributed by atoms with Crippen LogP contribution in [0.4, 0.5) is 0 Å². The molecule has 0 saturated carbocycles. The third-order valence-electron chi connectivity index (χ3n) is 12.1. The van der Waals surface area contributed by atoms with Crippen LogP contribution in [0.2, 0.25) is 0 Å². The highest BCUT2D eigenvalue weighted by atomic mass is 16.4. The van der Waals surface area contributed by atoms with E-state index in [0.29, 0.717) is 24.8 Å². The van der Waals surface area contributed by atoms with Crippen LogP contribution in [0.25, 0.3) is 0 Å². The molecule has 30 nitrogen and oxygen atoms in total. The standard InChI is InChI=1S/C49H80N14O16/c1-5-25(4)40(63-47(76)31(18-24(2)3)58-46(75)35(23-39(68)69)61-42(71)29(10-6-8-16-50)56-41(70)28(52)20-36(53)65)48(77)62-34(22-38(55)67)45(74)59-32(19-26-12-14-27(64)15-13-26)43(72)60-33(21-37(54)66)44(73)57-30(49(78)79)11-7-9-17-51/h12-15,24-25,28-35,40,64H,5-11,16-23,50-52H2,1-4H3,(H2,53,65)(H2,54,66)(H2,55,67)(H,56,70)(H,57,73)(H,58,75)(H,59,74)(H,60,72)(H,61,71)(H,62,77)(H,63,76)(H,68,69)(H,78,79)/t25-,28-,29-,30-,31-,32-,33-,34-,35-,40-/m0/s1. The van der Waals surface area contributed by atoms with Crippen LogP contribution in [0.1, 0.15) is 110 Å². The van der Waals surface area contributed by atoms with Crippen LogP contribution in [0.15, 0.2) is 24.3 Å². The molecule has 30 heteroatoms. The van der Waals surface area contributed by atoms with E-state index in [1.54, 1.807) is 27.7 Å². The molecular weight excluding hydrogens is 1040 g/mol. The topological polar surface area (TPSA) is 535 Å². The number of carboxylic acids is 2. The van der Waals surface area contributed by atoms with Gasteiger partial charge in [0.1, 0.15) is 54.1 Å². The van der Waals surface area contributed by atoms with E-state index in [4.69, 9.17) is 34.4 Å². The Balaban J connectivity index is 3.60. The van der Waals surface area contributed by atoms with E-state index >= 15 is 0 Å². The number of nitrogens with one attached hydrogen (secondary N) is 8. The van der Waals surface area contributed by atoms with Crippen LogP contribution in [-0.2, 0) is 68.7 Å². The maximum absolute atomic E-state index is 14.2. The Labute approximate surface area is 456 Å². The molecule has 0 fully saturated rings. The van der Waals surface area contributed by atoms with Crippen LogP contribution in [0, 0.1) is 11.8 Å². The third kappa shape index (κ3) is 26.8. The molecular formula is C49H80N14O16. The van der Waals surface area contributed by atoms with Gasteiger partial charge in [-0.3, -0.25) is 57.5 Å². The number of phenolic OH excluding ortho intramolecular Hbond substituents is 1. The number of primary amides is 3. The van der Waals surface area contributed by atoms with E-state index in [2.05, 4.69) is 42.5 Å². The van der Waals surface area contributed by atoms with E-state index in [0.717, 1.165) is 0 Å². The summed E-state index contributed by atoms with van der Waals surface area (Å²) in [6, 6.07) is -9.27. The number of nitrogens with two attached hydrogens (primary N) is 6. The SMILES string of the molecule is CC[C@H](C)[C@H](NC(=O)[C@H](CC(C)C)NC(=O)[C@H](CC(=O)O)NC(=O)[C@H](CCCCN)NC(=O)[C@@H](N)CC(N)=O)C(=O)N[C@@H](CC(N)=O)C(=O)N[C@@H](Cc1ccc(O)cc1)C(=O)N[C@@H](CC(N)=O)C(=O)N[C@@H](CCCCN)C(=O)O. The fourth-order valence-electron chi connectivity index (χ4n) is 7.66. The lowest BCUT2D eigenvalue weighted by Crippen LogP contribution is -2.62. The molecule has 0 unspecified atom stereocenters. The van der Waals surface area contributed by atoms with Gasteiger partial charge in [0.25, 0.3) is 0 Å². The average Bonchev–Trinajstić information content (AvgIpc) is 3.36. The number of amides is 11. The lowest BCUT2D eigenvalue weighted by atomic mass is 9.96. The molecule has 1 aromatic rings. The first-order valence-corrected chi connectivity index (χ1v) is 25.7. The Bertz CT molecular complexity index is 2290. The summed E-state index contributed by atoms with van der Waals surface area (Å²) in [7, 11) is 0. The predicted molar refractivity (Wildman–Crippen MR) is 281 cm³/mol. The van der Waals surface area contributed by atoms with Crippen molar-refractivity contribution in [3.63, 3.8) is 0 Å². The molecule has 0 aliphatic heterocycles. The van der Waals surface area contributed by atoms with Gasteiger partial charge in [-0.25, -0.2) is 4.79 Å². The lowest BCUT2D eigenvalue weighted by molar-refractivity contribution is -0.143. The van der Waals surface area contributed by atoms with Crippen molar-refractivity contribution in [2.75, 3.05) is 13.1 Å². The normalized spacial score (nSPS) is 14.8. The van der Waals surface area contributed by atoms with E-state index in [-0.39, 0.29) is 63.3 Å². The number of phenols is 1. The number of unbranched alkanes of at least 4 members (excludes halogenated alkanes) is 2. The summed E-state index contributed by atoms with van der Waals surface area (Å²) < 4.78 is 0. The highest BCUT2D eigenvalue weighted by molar-refractivity contribution is 6.00. The second-order valence-electron chi connectivity index (χ2n) is 19.4. The van der Waals surface area contributed by atoms with Crippen LogP contribution in [0.3, 0.4) is 0 Å². The van der Waals surface area contributed by atoms with Gasteiger partial charge in [-0.1, -0.05) is 46.2 Å². The molecule has 79 heavy (non-hydrogen) atoms. The lowest BCUT2D eigenvalue weighted by Gasteiger charge is -2.30. The Morgan fingerprint density at radius 2 is 0.873 bits per heavy atom. The van der Waals surface area contributed by atoms with E-state index in [9.17, 15) is 77.6 Å². The summed E-state index contributed by atoms with van der Waals surface area (Å²) in [6.45, 7) is 6.99. The number of benzene rings is 1. The quantitative estimate of drug-likeness (QED) is 0.0274. The van der Waals surface area contributed by atoms with Gasteiger partial charge in [0.05, 0.1) is 31.7 Å². The van der Waals surface area contributed by atoms with Crippen molar-refractivity contribution in [2.45, 2.75) is 166 Å². The van der Waals surface area contributed by atoms with Crippen molar-refractivity contribution in [3.05, 3.63) is 29.8 Å². The second-order valence-corrected chi connectivity index (χ2v) is 19.4. The molecule has 0 bridgehead atoms. The third-order valence-corrected chi connectivity index (χ3v) is 12.1. The van der Waals surface area contributed by atoms with E-state index in [1.807, 2.05) is 0 Å². The first-order valence-electron chi connectivity index (χ1n) is 25.7. The molecule has 10 atom stereocenters. The number of carboxylic acid groups (broad SMARTS) is 2. The van der Waals surface area contributed by atoms with Crippen molar-refractivity contribution in [1.29, 1.82) is 0 Å². The zero-order valence-corrected chi connectivity index (χ0v) is 44.9. The Hall–Kier alpha value is -7.99. The van der Waals surface area contributed by atoms with Crippen molar-refractivity contribution < 1.29 is 77.6 Å². The molecule has 442 valence electrons. The van der Waals surface area contributed by atoms with Crippen molar-refractivity contribution in [3.8, 4) is 5.75 Å². The molecule has 0 aliphatic rings. The minimum atomic E-state index is -1.87. The van der Waals surface area contributed by atoms with Crippen LogP contribution < -0.4 is 76.9 Å². The van der Waals surface area contributed by atoms with Crippen LogP contribution in [0.5, 0.6) is 5.75 Å².